The van der Waals surface area contributed by atoms with Gasteiger partial charge in [-0.05, 0) is 30.3 Å². The Bertz CT molecular complexity index is 614. The number of amides is 1. The number of hydrogen-bond acceptors (Lipinski definition) is 3. The summed E-state index contributed by atoms with van der Waals surface area (Å²) in [4.78, 5) is 11.9. The van der Waals surface area contributed by atoms with E-state index in [1.54, 1.807) is 24.3 Å². The molecule has 0 radical (unpaired) electrons. The molecule has 0 aromatic heterocycles. The highest BCUT2D eigenvalue weighted by Gasteiger charge is 2.12. The Morgan fingerprint density at radius 2 is 2.05 bits per heavy atom. The highest BCUT2D eigenvalue weighted by atomic mass is 19.1. The van der Waals surface area contributed by atoms with Gasteiger partial charge >= 0.3 is 0 Å². The second-order valence-corrected chi connectivity index (χ2v) is 3.93. The number of carbonyl (C=O) groups excluding carboxylic acids is 1. The molecule has 98 valence electrons. The number of nitrogens with two attached hydrogens (primary N) is 1. The number of benzene rings is 2. The topological polar surface area (TPSA) is 64.3 Å². The summed E-state index contributed by atoms with van der Waals surface area (Å²) in [5.74, 6) is -0.571. The zero-order valence-corrected chi connectivity index (χ0v) is 10.3. The number of anilines is 2. The zero-order chi connectivity index (χ0) is 13.8. The zero-order valence-electron chi connectivity index (χ0n) is 10.3. The van der Waals surface area contributed by atoms with Crippen molar-refractivity contribution in [3.63, 3.8) is 0 Å². The van der Waals surface area contributed by atoms with Gasteiger partial charge in [-0.3, -0.25) is 4.79 Å². The molecular weight excluding hydrogens is 247 g/mol. The van der Waals surface area contributed by atoms with Crippen LogP contribution in [-0.4, -0.2) is 13.0 Å². The molecule has 0 atom stereocenters. The van der Waals surface area contributed by atoms with E-state index in [1.807, 2.05) is 0 Å². The molecule has 0 saturated heterocycles. The van der Waals surface area contributed by atoms with Crippen LogP contribution in [0.4, 0.5) is 15.8 Å². The summed E-state index contributed by atoms with van der Waals surface area (Å²) in [6.45, 7) is 0. The maximum Gasteiger partial charge on any atom is 0.258 e. The van der Waals surface area contributed by atoms with Gasteiger partial charge in [0.2, 0.25) is 0 Å². The molecule has 1 amide bonds. The smallest absolute Gasteiger partial charge is 0.258 e. The first-order valence-corrected chi connectivity index (χ1v) is 5.60. The molecule has 5 heteroatoms. The molecule has 0 aliphatic rings. The molecule has 19 heavy (non-hydrogen) atoms. The molecule has 2 aromatic carbocycles. The monoisotopic (exact) mass is 260 g/mol. The van der Waals surface area contributed by atoms with Crippen molar-refractivity contribution in [3.05, 3.63) is 53.8 Å². The summed E-state index contributed by atoms with van der Waals surface area (Å²) in [6.07, 6.45) is 0. The number of rotatable bonds is 3. The van der Waals surface area contributed by atoms with Gasteiger partial charge in [-0.15, -0.1) is 0 Å². The first-order chi connectivity index (χ1) is 9.10. The fourth-order valence-corrected chi connectivity index (χ4v) is 1.62. The molecule has 2 aromatic rings. The molecule has 3 N–H and O–H groups in total. The van der Waals surface area contributed by atoms with Crippen LogP contribution in [0.5, 0.6) is 5.75 Å². The predicted octanol–water partition coefficient (Wildman–Crippen LogP) is 2.67. The average molecular weight is 260 g/mol. The molecule has 0 spiro atoms. The van der Waals surface area contributed by atoms with Crippen LogP contribution in [0.2, 0.25) is 0 Å². The Morgan fingerprint density at radius 1 is 1.26 bits per heavy atom. The fraction of sp³-hybridized carbons (Fsp3) is 0.0714. The first kappa shape index (κ1) is 12.9. The average Bonchev–Trinajstić information content (AvgIpc) is 2.41. The van der Waals surface area contributed by atoms with Crippen molar-refractivity contribution in [1.29, 1.82) is 0 Å². The SMILES string of the molecule is COc1cccc(NC(=O)c2cc(N)ccc2F)c1. The molecule has 4 nitrogen and oxygen atoms in total. The lowest BCUT2D eigenvalue weighted by molar-refractivity contribution is 0.102. The van der Waals surface area contributed by atoms with Crippen molar-refractivity contribution in [2.24, 2.45) is 0 Å². The molecule has 0 heterocycles. The summed E-state index contributed by atoms with van der Waals surface area (Å²) in [5, 5.41) is 2.59. The summed E-state index contributed by atoms with van der Waals surface area (Å²) in [7, 11) is 1.53. The summed E-state index contributed by atoms with van der Waals surface area (Å²) in [6, 6.07) is 10.7. The Hall–Kier alpha value is -2.56. The van der Waals surface area contributed by atoms with Crippen LogP contribution < -0.4 is 15.8 Å². The Labute approximate surface area is 110 Å². The van der Waals surface area contributed by atoms with Crippen molar-refractivity contribution >= 4 is 17.3 Å². The van der Waals surface area contributed by atoms with E-state index in [4.69, 9.17) is 10.5 Å². The number of hydrogen-bond donors (Lipinski definition) is 2. The third-order valence-corrected chi connectivity index (χ3v) is 2.56. The maximum absolute atomic E-state index is 13.5. The van der Waals surface area contributed by atoms with Gasteiger partial charge in [0.05, 0.1) is 12.7 Å². The van der Waals surface area contributed by atoms with Gasteiger partial charge in [0.1, 0.15) is 11.6 Å². The number of ether oxygens (including phenoxy) is 1. The van der Waals surface area contributed by atoms with Crippen LogP contribution in [0.1, 0.15) is 10.4 Å². The highest BCUT2D eigenvalue weighted by molar-refractivity contribution is 6.05. The second-order valence-electron chi connectivity index (χ2n) is 3.93. The van der Waals surface area contributed by atoms with E-state index in [1.165, 1.54) is 19.2 Å². The van der Waals surface area contributed by atoms with Crippen molar-refractivity contribution in [3.8, 4) is 5.75 Å². The van der Waals surface area contributed by atoms with E-state index < -0.39 is 11.7 Å². The second kappa shape index (κ2) is 5.39. The minimum absolute atomic E-state index is 0.0946. The molecule has 0 bridgehead atoms. The molecule has 2 rings (SSSR count). The Balaban J connectivity index is 2.23. The van der Waals surface area contributed by atoms with Crippen molar-refractivity contribution < 1.29 is 13.9 Å². The van der Waals surface area contributed by atoms with Crippen molar-refractivity contribution in [2.45, 2.75) is 0 Å². The quantitative estimate of drug-likeness (QED) is 0.834. The van der Waals surface area contributed by atoms with E-state index in [-0.39, 0.29) is 5.56 Å². The number of halogens is 1. The maximum atomic E-state index is 13.5. The standard InChI is InChI=1S/C14H13FN2O2/c1-19-11-4-2-3-10(8-11)17-14(18)12-7-9(16)5-6-13(12)15/h2-8H,16H2,1H3,(H,17,18). The Kier molecular flexibility index (Phi) is 3.66. The van der Waals surface area contributed by atoms with Gasteiger partial charge in [0, 0.05) is 17.4 Å². The third kappa shape index (κ3) is 3.01. The summed E-state index contributed by atoms with van der Waals surface area (Å²) >= 11 is 0. The largest absolute Gasteiger partial charge is 0.497 e. The first-order valence-electron chi connectivity index (χ1n) is 5.60. The van der Waals surface area contributed by atoms with E-state index in [0.717, 1.165) is 6.07 Å². The van der Waals surface area contributed by atoms with Gasteiger partial charge in [0.25, 0.3) is 5.91 Å². The fourth-order valence-electron chi connectivity index (χ4n) is 1.62. The van der Waals surface area contributed by atoms with Crippen LogP contribution in [0.25, 0.3) is 0 Å². The third-order valence-electron chi connectivity index (χ3n) is 2.56. The molecule has 0 aliphatic carbocycles. The number of carbonyl (C=O) groups is 1. The lowest BCUT2D eigenvalue weighted by Gasteiger charge is -2.08. The lowest BCUT2D eigenvalue weighted by Crippen LogP contribution is -2.14. The number of methoxy groups -OCH3 is 1. The molecule has 0 unspecified atom stereocenters. The normalized spacial score (nSPS) is 10.0. The highest BCUT2D eigenvalue weighted by Crippen LogP contribution is 2.19. The lowest BCUT2D eigenvalue weighted by atomic mass is 10.1. The van der Waals surface area contributed by atoms with E-state index in [0.29, 0.717) is 17.1 Å². The van der Waals surface area contributed by atoms with Gasteiger partial charge in [-0.25, -0.2) is 4.39 Å². The number of nitrogens with one attached hydrogen (secondary N) is 1. The van der Waals surface area contributed by atoms with E-state index in [9.17, 15) is 9.18 Å². The minimum Gasteiger partial charge on any atom is -0.497 e. The van der Waals surface area contributed by atoms with Gasteiger partial charge in [0.15, 0.2) is 0 Å². The molecular formula is C14H13FN2O2. The van der Waals surface area contributed by atoms with Crippen molar-refractivity contribution in [2.75, 3.05) is 18.2 Å². The van der Waals surface area contributed by atoms with Crippen LogP contribution in [-0.2, 0) is 0 Å². The van der Waals surface area contributed by atoms with Crippen LogP contribution in [0.3, 0.4) is 0 Å². The van der Waals surface area contributed by atoms with E-state index >= 15 is 0 Å². The summed E-state index contributed by atoms with van der Waals surface area (Å²) < 4.78 is 18.6. The number of nitrogen functional groups attached to an aromatic ring is 1. The minimum atomic E-state index is -0.616. The molecule has 0 aliphatic heterocycles. The molecule has 0 saturated carbocycles. The molecule has 0 fully saturated rings. The van der Waals surface area contributed by atoms with Crippen LogP contribution in [0.15, 0.2) is 42.5 Å². The van der Waals surface area contributed by atoms with Gasteiger partial charge in [-0.1, -0.05) is 6.07 Å². The van der Waals surface area contributed by atoms with E-state index in [2.05, 4.69) is 5.32 Å². The predicted molar refractivity (Wildman–Crippen MR) is 71.8 cm³/mol. The van der Waals surface area contributed by atoms with Crippen LogP contribution in [0, 0.1) is 5.82 Å². The Morgan fingerprint density at radius 3 is 2.79 bits per heavy atom. The van der Waals surface area contributed by atoms with Crippen molar-refractivity contribution in [1.82, 2.24) is 0 Å². The summed E-state index contributed by atoms with van der Waals surface area (Å²) in [5.41, 5.74) is 6.29. The van der Waals surface area contributed by atoms with Gasteiger partial charge < -0.3 is 15.8 Å². The van der Waals surface area contributed by atoms with Gasteiger partial charge in [-0.2, -0.15) is 0 Å². The van der Waals surface area contributed by atoms with Crippen LogP contribution >= 0.6 is 0 Å².